The monoisotopic (exact) mass is 361 g/mol. The average molecular weight is 361 g/mol. The number of anilines is 2. The second-order valence-electron chi connectivity index (χ2n) is 8.68. The van der Waals surface area contributed by atoms with E-state index in [2.05, 4.69) is 20.9 Å². The van der Waals surface area contributed by atoms with Crippen LogP contribution in [0.5, 0.6) is 0 Å². The van der Waals surface area contributed by atoms with Crippen LogP contribution in [0.1, 0.15) is 64.5 Å². The van der Waals surface area contributed by atoms with Crippen molar-refractivity contribution in [3.63, 3.8) is 0 Å². The normalized spacial score (nSPS) is 19.3. The molecule has 3 N–H and O–H groups in total. The highest BCUT2D eigenvalue weighted by Gasteiger charge is 2.35. The Hall–Kier alpha value is -2.05. The fourth-order valence-corrected chi connectivity index (χ4v) is 4.01. The summed E-state index contributed by atoms with van der Waals surface area (Å²) < 4.78 is 0. The van der Waals surface area contributed by atoms with Gasteiger partial charge in [-0.1, -0.05) is 19.3 Å². The number of nitrogen functional groups attached to an aromatic ring is 1. The van der Waals surface area contributed by atoms with E-state index in [-0.39, 0.29) is 5.54 Å². The van der Waals surface area contributed by atoms with Crippen molar-refractivity contribution in [3.05, 3.63) is 11.8 Å². The number of aromatic nitrogens is 2. The number of hydrogen-bond donors (Lipinski definition) is 2. The Balaban J connectivity index is 1.63. The highest BCUT2D eigenvalue weighted by molar-refractivity contribution is 5.66. The second kappa shape index (κ2) is 7.29. The van der Waals surface area contributed by atoms with Gasteiger partial charge < -0.3 is 20.6 Å². The van der Waals surface area contributed by atoms with Crippen molar-refractivity contribution in [1.29, 1.82) is 0 Å². The zero-order valence-corrected chi connectivity index (χ0v) is 16.1. The molecule has 0 bridgehead atoms. The van der Waals surface area contributed by atoms with Crippen LogP contribution < -0.4 is 10.6 Å². The van der Waals surface area contributed by atoms with Crippen molar-refractivity contribution in [2.75, 3.05) is 30.3 Å². The predicted molar refractivity (Wildman–Crippen MR) is 102 cm³/mol. The Labute approximate surface area is 155 Å². The van der Waals surface area contributed by atoms with Gasteiger partial charge in [-0.15, -0.1) is 0 Å². The van der Waals surface area contributed by atoms with Gasteiger partial charge in [0.15, 0.2) is 0 Å². The van der Waals surface area contributed by atoms with Crippen molar-refractivity contribution in [2.45, 2.75) is 64.3 Å². The summed E-state index contributed by atoms with van der Waals surface area (Å²) in [5, 5.41) is 9.45. The minimum absolute atomic E-state index is 0.319. The fourth-order valence-electron chi connectivity index (χ4n) is 4.01. The Morgan fingerprint density at radius 3 is 2.50 bits per heavy atom. The highest BCUT2D eigenvalue weighted by Crippen LogP contribution is 2.34. The van der Waals surface area contributed by atoms with E-state index < -0.39 is 6.09 Å². The SMILES string of the molecule is CC(C)(C)N(CC1CN(c2cc(C3CCCCC3)nc(N)n2)C1)C(=O)O. The third kappa shape index (κ3) is 4.19. The molecule has 0 radical (unpaired) electrons. The molecule has 0 unspecified atom stereocenters. The maximum Gasteiger partial charge on any atom is 0.407 e. The molecule has 0 atom stereocenters. The lowest BCUT2D eigenvalue weighted by Crippen LogP contribution is -2.56. The third-order valence-electron chi connectivity index (χ3n) is 5.54. The first-order valence-corrected chi connectivity index (χ1v) is 9.64. The van der Waals surface area contributed by atoms with Gasteiger partial charge >= 0.3 is 6.09 Å². The molecule has 1 aliphatic carbocycles. The Kier molecular flexibility index (Phi) is 5.25. The maximum absolute atomic E-state index is 11.5. The number of nitrogens with two attached hydrogens (primary N) is 1. The quantitative estimate of drug-likeness (QED) is 0.854. The van der Waals surface area contributed by atoms with E-state index in [9.17, 15) is 9.90 Å². The van der Waals surface area contributed by atoms with Crippen molar-refractivity contribution in [3.8, 4) is 0 Å². The lowest BCUT2D eigenvalue weighted by molar-refractivity contribution is 0.0845. The van der Waals surface area contributed by atoms with Crippen LogP contribution in [0.4, 0.5) is 16.6 Å². The summed E-state index contributed by atoms with van der Waals surface area (Å²) in [6.45, 7) is 7.95. The molecular weight excluding hydrogens is 330 g/mol. The molecular formula is C19H31N5O2. The first-order valence-electron chi connectivity index (χ1n) is 9.64. The number of amides is 1. The molecule has 7 heteroatoms. The lowest BCUT2D eigenvalue weighted by atomic mass is 9.86. The van der Waals surface area contributed by atoms with Crippen LogP contribution in [0, 0.1) is 5.92 Å². The van der Waals surface area contributed by atoms with Crippen LogP contribution in [-0.2, 0) is 0 Å². The molecule has 1 saturated carbocycles. The lowest BCUT2D eigenvalue weighted by Gasteiger charge is -2.44. The number of carboxylic acid groups (broad SMARTS) is 1. The van der Waals surface area contributed by atoms with Gasteiger partial charge in [-0.2, -0.15) is 4.98 Å². The molecule has 2 fully saturated rings. The van der Waals surface area contributed by atoms with E-state index in [1.54, 1.807) is 0 Å². The van der Waals surface area contributed by atoms with E-state index in [4.69, 9.17) is 5.73 Å². The largest absolute Gasteiger partial charge is 0.465 e. The molecule has 0 aromatic carbocycles. The topological polar surface area (TPSA) is 95.6 Å². The van der Waals surface area contributed by atoms with E-state index >= 15 is 0 Å². The van der Waals surface area contributed by atoms with E-state index in [0.717, 1.165) is 24.6 Å². The molecule has 26 heavy (non-hydrogen) atoms. The smallest absolute Gasteiger partial charge is 0.407 e. The molecule has 2 aliphatic rings. The van der Waals surface area contributed by atoms with Gasteiger partial charge in [-0.3, -0.25) is 0 Å². The van der Waals surface area contributed by atoms with Crippen LogP contribution in [0.15, 0.2) is 6.07 Å². The van der Waals surface area contributed by atoms with Crippen molar-refractivity contribution in [1.82, 2.24) is 14.9 Å². The van der Waals surface area contributed by atoms with Gasteiger partial charge in [0.1, 0.15) is 5.82 Å². The van der Waals surface area contributed by atoms with Gasteiger partial charge in [0.25, 0.3) is 0 Å². The van der Waals surface area contributed by atoms with Crippen molar-refractivity contribution < 1.29 is 9.90 Å². The number of hydrogen-bond acceptors (Lipinski definition) is 5. The summed E-state index contributed by atoms with van der Waals surface area (Å²) in [5.74, 6) is 2.04. The van der Waals surface area contributed by atoms with E-state index in [0.29, 0.717) is 24.3 Å². The summed E-state index contributed by atoms with van der Waals surface area (Å²) in [4.78, 5) is 24.1. The van der Waals surface area contributed by atoms with Crippen LogP contribution in [0.25, 0.3) is 0 Å². The standard InChI is InChI=1S/C19H31N5O2/c1-19(2,3)24(18(25)26)12-13-10-23(11-13)16-9-15(21-17(20)22-16)14-7-5-4-6-8-14/h9,13-14H,4-8,10-12H2,1-3H3,(H,25,26)(H2,20,21,22). The summed E-state index contributed by atoms with van der Waals surface area (Å²) >= 11 is 0. The minimum Gasteiger partial charge on any atom is -0.465 e. The zero-order chi connectivity index (χ0) is 18.9. The zero-order valence-electron chi connectivity index (χ0n) is 16.1. The molecule has 3 rings (SSSR count). The van der Waals surface area contributed by atoms with Crippen LogP contribution in [0.2, 0.25) is 0 Å². The third-order valence-corrected chi connectivity index (χ3v) is 5.54. The first kappa shape index (κ1) is 18.7. The molecule has 0 spiro atoms. The minimum atomic E-state index is -0.859. The summed E-state index contributed by atoms with van der Waals surface area (Å²) in [6, 6.07) is 2.08. The van der Waals surface area contributed by atoms with Gasteiger partial charge in [0.05, 0.1) is 5.69 Å². The van der Waals surface area contributed by atoms with E-state index in [1.807, 2.05) is 20.8 Å². The van der Waals surface area contributed by atoms with Crippen LogP contribution in [-0.4, -0.2) is 51.2 Å². The number of rotatable bonds is 4. The number of nitrogens with zero attached hydrogens (tertiary/aromatic N) is 4. The van der Waals surface area contributed by atoms with Crippen LogP contribution in [0.3, 0.4) is 0 Å². The molecule has 1 aliphatic heterocycles. The average Bonchev–Trinajstić information content (AvgIpc) is 2.52. The molecule has 7 nitrogen and oxygen atoms in total. The second-order valence-corrected chi connectivity index (χ2v) is 8.68. The summed E-state index contributed by atoms with van der Waals surface area (Å²) in [6.07, 6.45) is 5.32. The van der Waals surface area contributed by atoms with E-state index in [1.165, 1.54) is 37.0 Å². The molecule has 1 amide bonds. The Morgan fingerprint density at radius 2 is 1.92 bits per heavy atom. The molecule has 1 aromatic rings. The fraction of sp³-hybridized carbons (Fsp3) is 0.737. The molecule has 1 aromatic heterocycles. The Morgan fingerprint density at radius 1 is 1.27 bits per heavy atom. The predicted octanol–water partition coefficient (Wildman–Crippen LogP) is 3.32. The van der Waals surface area contributed by atoms with Crippen molar-refractivity contribution in [2.24, 2.45) is 5.92 Å². The first-order chi connectivity index (χ1) is 12.2. The van der Waals surface area contributed by atoms with Gasteiger partial charge in [0.2, 0.25) is 5.95 Å². The summed E-state index contributed by atoms with van der Waals surface area (Å²) in [7, 11) is 0. The van der Waals surface area contributed by atoms with Crippen LogP contribution >= 0.6 is 0 Å². The summed E-state index contributed by atoms with van der Waals surface area (Å²) in [5.41, 5.74) is 6.64. The molecule has 2 heterocycles. The van der Waals surface area contributed by atoms with Gasteiger partial charge in [-0.05, 0) is 33.6 Å². The molecule has 144 valence electrons. The maximum atomic E-state index is 11.5. The van der Waals surface area contributed by atoms with Gasteiger partial charge in [0, 0.05) is 43.1 Å². The highest BCUT2D eigenvalue weighted by atomic mass is 16.4. The number of carbonyl (C=O) groups is 1. The van der Waals surface area contributed by atoms with Crippen molar-refractivity contribution >= 4 is 17.9 Å². The molecule has 1 saturated heterocycles. The Bertz CT molecular complexity index is 646. The van der Waals surface area contributed by atoms with Gasteiger partial charge in [-0.25, -0.2) is 9.78 Å².